The number of nitrogens with zero attached hydrogens (tertiary/aromatic N) is 3. The third-order valence-corrected chi connectivity index (χ3v) is 5.41. The molecule has 1 fully saturated rings. The molecule has 1 saturated heterocycles. The van der Waals surface area contributed by atoms with E-state index in [0.717, 1.165) is 62.6 Å². The first kappa shape index (κ1) is 19.0. The number of fused-ring (bicyclic) bond motifs is 1. The van der Waals surface area contributed by atoms with Crippen LogP contribution in [0.15, 0.2) is 29.1 Å². The summed E-state index contributed by atoms with van der Waals surface area (Å²) in [6, 6.07) is 8.19. The zero-order chi connectivity index (χ0) is 19.3. The number of ether oxygens (including phenoxy) is 2. The van der Waals surface area contributed by atoms with E-state index in [2.05, 4.69) is 20.9 Å². The van der Waals surface area contributed by atoms with Crippen LogP contribution in [0.5, 0.6) is 5.75 Å². The van der Waals surface area contributed by atoms with Crippen LogP contribution in [-0.2, 0) is 24.1 Å². The molecule has 2 aromatic rings. The third-order valence-electron chi connectivity index (χ3n) is 5.41. The van der Waals surface area contributed by atoms with Crippen molar-refractivity contribution in [3.63, 3.8) is 0 Å². The van der Waals surface area contributed by atoms with Gasteiger partial charge in [0, 0.05) is 50.3 Å². The maximum absolute atomic E-state index is 12.7. The number of aromatic amines is 1. The first-order valence-corrected chi connectivity index (χ1v) is 10.1. The topological polar surface area (TPSA) is 70.7 Å². The summed E-state index contributed by atoms with van der Waals surface area (Å²) in [5.41, 5.74) is 2.96. The number of morpholine rings is 1. The van der Waals surface area contributed by atoms with Gasteiger partial charge in [-0.25, -0.2) is 4.98 Å². The van der Waals surface area contributed by atoms with Crippen molar-refractivity contribution in [2.75, 3.05) is 50.9 Å². The van der Waals surface area contributed by atoms with E-state index in [-0.39, 0.29) is 5.56 Å². The summed E-state index contributed by atoms with van der Waals surface area (Å²) < 4.78 is 11.2. The largest absolute Gasteiger partial charge is 0.494 e. The van der Waals surface area contributed by atoms with Crippen molar-refractivity contribution >= 4 is 5.95 Å². The summed E-state index contributed by atoms with van der Waals surface area (Å²) in [5, 5.41) is 0. The highest BCUT2D eigenvalue weighted by Gasteiger charge is 2.22. The maximum atomic E-state index is 12.7. The molecule has 28 heavy (non-hydrogen) atoms. The molecule has 0 saturated carbocycles. The Morgan fingerprint density at radius 3 is 2.75 bits per heavy atom. The van der Waals surface area contributed by atoms with Crippen LogP contribution in [0.1, 0.15) is 23.7 Å². The third kappa shape index (κ3) is 4.20. The predicted octanol–water partition coefficient (Wildman–Crippen LogP) is 1.61. The molecule has 0 atom stereocenters. The summed E-state index contributed by atoms with van der Waals surface area (Å²) in [7, 11) is 0. The molecule has 0 unspecified atom stereocenters. The summed E-state index contributed by atoms with van der Waals surface area (Å²) in [6.07, 6.45) is 1.51. The van der Waals surface area contributed by atoms with E-state index in [1.165, 1.54) is 5.56 Å². The lowest BCUT2D eigenvalue weighted by atomic mass is 10.1. The number of hydrogen-bond acceptors (Lipinski definition) is 6. The Hall–Kier alpha value is -2.38. The van der Waals surface area contributed by atoms with E-state index in [9.17, 15) is 4.79 Å². The van der Waals surface area contributed by atoms with Gasteiger partial charge in [-0.1, -0.05) is 18.2 Å². The van der Waals surface area contributed by atoms with Crippen LogP contribution >= 0.6 is 0 Å². The molecular weight excluding hydrogens is 356 g/mol. The second-order valence-corrected chi connectivity index (χ2v) is 7.23. The monoisotopic (exact) mass is 384 g/mol. The van der Waals surface area contributed by atoms with Gasteiger partial charge in [-0.05, 0) is 19.4 Å². The molecule has 0 bridgehead atoms. The Kier molecular flexibility index (Phi) is 5.92. The Morgan fingerprint density at radius 2 is 1.93 bits per heavy atom. The Morgan fingerprint density at radius 1 is 1.14 bits per heavy atom. The minimum absolute atomic E-state index is 0.00283. The number of anilines is 1. The number of rotatable bonds is 5. The van der Waals surface area contributed by atoms with Crippen molar-refractivity contribution in [1.29, 1.82) is 0 Å². The molecule has 4 rings (SSSR count). The Bertz CT molecular complexity index is 861. The molecule has 3 heterocycles. The zero-order valence-corrected chi connectivity index (χ0v) is 16.4. The molecule has 1 N–H and O–H groups in total. The SMILES string of the molecule is CCOc1ccccc1CN1CCc2nc(N3CCOCC3)[nH]c(=O)c2CC1. The molecule has 1 aromatic heterocycles. The van der Waals surface area contributed by atoms with Gasteiger partial charge in [-0.2, -0.15) is 0 Å². The Balaban J connectivity index is 1.49. The zero-order valence-electron chi connectivity index (χ0n) is 16.4. The summed E-state index contributed by atoms with van der Waals surface area (Å²) >= 11 is 0. The Labute approximate surface area is 165 Å². The average Bonchev–Trinajstić information content (AvgIpc) is 2.93. The molecule has 1 aromatic carbocycles. The van der Waals surface area contributed by atoms with Gasteiger partial charge in [-0.3, -0.25) is 14.7 Å². The molecule has 0 aliphatic carbocycles. The molecule has 2 aliphatic rings. The molecule has 0 radical (unpaired) electrons. The van der Waals surface area contributed by atoms with Crippen molar-refractivity contribution < 1.29 is 9.47 Å². The van der Waals surface area contributed by atoms with Crippen LogP contribution in [0.3, 0.4) is 0 Å². The van der Waals surface area contributed by atoms with Gasteiger partial charge in [0.1, 0.15) is 5.75 Å². The quantitative estimate of drug-likeness (QED) is 0.845. The van der Waals surface area contributed by atoms with Crippen LogP contribution in [0.2, 0.25) is 0 Å². The molecule has 0 amide bonds. The number of hydrogen-bond donors (Lipinski definition) is 1. The first-order chi connectivity index (χ1) is 13.7. The van der Waals surface area contributed by atoms with Gasteiger partial charge in [0.2, 0.25) is 5.95 Å². The molecule has 0 spiro atoms. The minimum Gasteiger partial charge on any atom is -0.494 e. The van der Waals surface area contributed by atoms with Crippen molar-refractivity contribution in [1.82, 2.24) is 14.9 Å². The summed E-state index contributed by atoms with van der Waals surface area (Å²) in [5.74, 6) is 1.62. The van der Waals surface area contributed by atoms with E-state index in [4.69, 9.17) is 14.5 Å². The molecule has 7 heteroatoms. The molecule has 2 aliphatic heterocycles. The van der Waals surface area contributed by atoms with Gasteiger partial charge in [0.05, 0.1) is 25.5 Å². The number of H-pyrrole nitrogens is 1. The molecular formula is C21H28N4O3. The number of nitrogens with one attached hydrogen (secondary N) is 1. The summed E-state index contributed by atoms with van der Waals surface area (Å²) in [4.78, 5) is 25.0. The fraction of sp³-hybridized carbons (Fsp3) is 0.524. The number of para-hydroxylation sites is 1. The smallest absolute Gasteiger partial charge is 0.255 e. The van der Waals surface area contributed by atoms with Gasteiger partial charge in [0.15, 0.2) is 0 Å². The van der Waals surface area contributed by atoms with Gasteiger partial charge in [0.25, 0.3) is 5.56 Å². The highest BCUT2D eigenvalue weighted by molar-refractivity contribution is 5.35. The van der Waals surface area contributed by atoms with E-state index in [1.54, 1.807) is 0 Å². The molecule has 7 nitrogen and oxygen atoms in total. The van der Waals surface area contributed by atoms with Gasteiger partial charge < -0.3 is 14.4 Å². The van der Waals surface area contributed by atoms with Crippen LogP contribution in [0, 0.1) is 0 Å². The van der Waals surface area contributed by atoms with E-state index in [1.807, 2.05) is 25.1 Å². The van der Waals surface area contributed by atoms with Crippen LogP contribution in [-0.4, -0.2) is 60.9 Å². The highest BCUT2D eigenvalue weighted by atomic mass is 16.5. The van der Waals surface area contributed by atoms with Crippen molar-refractivity contribution in [3.8, 4) is 5.75 Å². The van der Waals surface area contributed by atoms with Crippen LogP contribution in [0.25, 0.3) is 0 Å². The van der Waals surface area contributed by atoms with Crippen molar-refractivity contribution in [3.05, 3.63) is 51.4 Å². The summed E-state index contributed by atoms with van der Waals surface area (Å²) in [6.45, 7) is 8.08. The minimum atomic E-state index is 0.00283. The first-order valence-electron chi connectivity index (χ1n) is 10.1. The number of benzene rings is 1. The van der Waals surface area contributed by atoms with Crippen LogP contribution < -0.4 is 15.2 Å². The normalized spacial score (nSPS) is 17.8. The lowest BCUT2D eigenvalue weighted by molar-refractivity contribution is 0.122. The van der Waals surface area contributed by atoms with E-state index in [0.29, 0.717) is 25.8 Å². The highest BCUT2D eigenvalue weighted by Crippen LogP contribution is 2.22. The predicted molar refractivity (Wildman–Crippen MR) is 108 cm³/mol. The second kappa shape index (κ2) is 8.75. The van der Waals surface area contributed by atoms with Gasteiger partial charge in [-0.15, -0.1) is 0 Å². The van der Waals surface area contributed by atoms with Crippen molar-refractivity contribution in [2.24, 2.45) is 0 Å². The van der Waals surface area contributed by atoms with E-state index < -0.39 is 0 Å². The fourth-order valence-electron chi connectivity index (χ4n) is 3.90. The standard InChI is InChI=1S/C21H28N4O3/c1-2-28-19-6-4-3-5-16(19)15-24-9-7-17-18(8-10-24)22-21(23-20(17)26)25-11-13-27-14-12-25/h3-6H,2,7-15H2,1H3,(H,22,23,26). The average molecular weight is 384 g/mol. The lowest BCUT2D eigenvalue weighted by Crippen LogP contribution is -2.38. The maximum Gasteiger partial charge on any atom is 0.255 e. The van der Waals surface area contributed by atoms with Crippen molar-refractivity contribution in [2.45, 2.75) is 26.3 Å². The van der Waals surface area contributed by atoms with Crippen LogP contribution in [0.4, 0.5) is 5.95 Å². The molecule has 150 valence electrons. The van der Waals surface area contributed by atoms with Gasteiger partial charge >= 0.3 is 0 Å². The fourth-order valence-corrected chi connectivity index (χ4v) is 3.90. The second-order valence-electron chi connectivity index (χ2n) is 7.23. The lowest BCUT2D eigenvalue weighted by Gasteiger charge is -2.27. The number of aromatic nitrogens is 2. The van der Waals surface area contributed by atoms with E-state index >= 15 is 0 Å².